The first kappa shape index (κ1) is 19.6. The van der Waals surface area contributed by atoms with Gasteiger partial charge in [0.15, 0.2) is 6.10 Å². The Labute approximate surface area is 155 Å². The van der Waals surface area contributed by atoms with Gasteiger partial charge in [-0.3, -0.25) is 4.79 Å². The molecule has 2 rings (SSSR count). The molecule has 1 unspecified atom stereocenters. The van der Waals surface area contributed by atoms with E-state index in [1.54, 1.807) is 38.3 Å². The van der Waals surface area contributed by atoms with Crippen molar-refractivity contribution in [3.05, 3.63) is 48.5 Å². The van der Waals surface area contributed by atoms with E-state index in [2.05, 4.69) is 19.2 Å². The first-order chi connectivity index (χ1) is 12.5. The maximum atomic E-state index is 12.3. The lowest BCUT2D eigenvalue weighted by molar-refractivity contribution is -0.122. The molecule has 0 aromatic heterocycles. The number of amides is 1. The molecule has 0 heterocycles. The van der Waals surface area contributed by atoms with Gasteiger partial charge in [0.1, 0.15) is 17.2 Å². The first-order valence-electron chi connectivity index (χ1n) is 8.82. The molecule has 5 heteroatoms. The lowest BCUT2D eigenvalue weighted by Gasteiger charge is -2.15. The average molecular weight is 357 g/mol. The van der Waals surface area contributed by atoms with Crippen LogP contribution in [0.15, 0.2) is 48.5 Å². The molecule has 5 nitrogen and oxygen atoms in total. The molecule has 2 aromatic rings. The van der Waals surface area contributed by atoms with Crippen molar-refractivity contribution < 1.29 is 19.0 Å². The molecule has 0 aliphatic rings. The van der Waals surface area contributed by atoms with Gasteiger partial charge in [0.2, 0.25) is 0 Å². The van der Waals surface area contributed by atoms with Crippen molar-refractivity contribution in [1.29, 1.82) is 0 Å². The molecule has 1 amide bonds. The quantitative estimate of drug-likeness (QED) is 0.716. The Hall–Kier alpha value is -2.69. The smallest absolute Gasteiger partial charge is 0.265 e. The zero-order valence-electron chi connectivity index (χ0n) is 15.8. The van der Waals surface area contributed by atoms with Gasteiger partial charge in [-0.25, -0.2) is 0 Å². The van der Waals surface area contributed by atoms with Crippen LogP contribution in [0.4, 0.5) is 5.69 Å². The van der Waals surface area contributed by atoms with Gasteiger partial charge < -0.3 is 19.5 Å². The van der Waals surface area contributed by atoms with E-state index in [0.717, 1.165) is 17.9 Å². The Morgan fingerprint density at radius 3 is 2.08 bits per heavy atom. The third-order valence-corrected chi connectivity index (χ3v) is 3.83. The fraction of sp³-hybridized carbons (Fsp3) is 0.381. The van der Waals surface area contributed by atoms with Crippen molar-refractivity contribution in [1.82, 2.24) is 0 Å². The number of hydrogen-bond acceptors (Lipinski definition) is 4. The minimum absolute atomic E-state index is 0.214. The van der Waals surface area contributed by atoms with Gasteiger partial charge in [0.05, 0.1) is 13.7 Å². The summed E-state index contributed by atoms with van der Waals surface area (Å²) in [6.07, 6.45) is 0.393. The van der Waals surface area contributed by atoms with Crippen LogP contribution in [0.3, 0.4) is 0 Å². The van der Waals surface area contributed by atoms with E-state index in [9.17, 15) is 4.79 Å². The Balaban J connectivity index is 1.83. The number of anilines is 1. The fourth-order valence-electron chi connectivity index (χ4n) is 2.20. The monoisotopic (exact) mass is 357 g/mol. The predicted octanol–water partition coefficient (Wildman–Crippen LogP) is 4.53. The number of carbonyl (C=O) groups excluding carboxylic acids is 1. The number of nitrogens with one attached hydrogen (secondary N) is 1. The Morgan fingerprint density at radius 1 is 0.923 bits per heavy atom. The minimum atomic E-state index is -0.620. The molecule has 0 bridgehead atoms. The molecule has 0 radical (unpaired) electrons. The summed E-state index contributed by atoms with van der Waals surface area (Å²) < 4.78 is 16.4. The SMILES string of the molecule is COc1ccc(OC(C)C(=O)Nc2ccc(OCCC(C)C)cc2)cc1. The summed E-state index contributed by atoms with van der Waals surface area (Å²) in [5.41, 5.74) is 0.705. The van der Waals surface area contributed by atoms with E-state index < -0.39 is 6.10 Å². The second-order valence-corrected chi connectivity index (χ2v) is 6.48. The van der Waals surface area contributed by atoms with E-state index >= 15 is 0 Å². The van der Waals surface area contributed by atoms with Crippen LogP contribution in [-0.2, 0) is 4.79 Å². The normalized spacial score (nSPS) is 11.7. The van der Waals surface area contributed by atoms with Crippen molar-refractivity contribution in [3.63, 3.8) is 0 Å². The second-order valence-electron chi connectivity index (χ2n) is 6.48. The summed E-state index contributed by atoms with van der Waals surface area (Å²) in [5.74, 6) is 2.55. The standard InChI is InChI=1S/C21H27NO4/c1-15(2)13-14-25-19-7-5-17(6-8-19)22-21(23)16(3)26-20-11-9-18(24-4)10-12-20/h5-12,15-16H,13-14H2,1-4H3,(H,22,23). The molecule has 0 aliphatic carbocycles. The highest BCUT2D eigenvalue weighted by Crippen LogP contribution is 2.20. The van der Waals surface area contributed by atoms with Gasteiger partial charge in [0, 0.05) is 5.69 Å². The van der Waals surface area contributed by atoms with Crippen molar-refractivity contribution in [2.24, 2.45) is 5.92 Å². The molecule has 1 atom stereocenters. The number of methoxy groups -OCH3 is 1. The van der Waals surface area contributed by atoms with Gasteiger partial charge in [-0.2, -0.15) is 0 Å². The zero-order chi connectivity index (χ0) is 18.9. The molecular formula is C21H27NO4. The van der Waals surface area contributed by atoms with E-state index in [0.29, 0.717) is 24.0 Å². The molecule has 0 saturated carbocycles. The summed E-state index contributed by atoms with van der Waals surface area (Å²) in [6, 6.07) is 14.5. The van der Waals surface area contributed by atoms with Gasteiger partial charge in [-0.15, -0.1) is 0 Å². The summed E-state index contributed by atoms with van der Waals surface area (Å²) in [7, 11) is 1.60. The van der Waals surface area contributed by atoms with Crippen molar-refractivity contribution in [2.45, 2.75) is 33.3 Å². The topological polar surface area (TPSA) is 56.8 Å². The van der Waals surface area contributed by atoms with E-state index in [4.69, 9.17) is 14.2 Å². The fourth-order valence-corrected chi connectivity index (χ4v) is 2.20. The lowest BCUT2D eigenvalue weighted by atomic mass is 10.1. The lowest BCUT2D eigenvalue weighted by Crippen LogP contribution is -2.30. The average Bonchev–Trinajstić information content (AvgIpc) is 2.63. The van der Waals surface area contributed by atoms with Crippen LogP contribution < -0.4 is 19.5 Å². The van der Waals surface area contributed by atoms with E-state index in [-0.39, 0.29) is 5.91 Å². The molecule has 2 aromatic carbocycles. The molecule has 1 N–H and O–H groups in total. The van der Waals surface area contributed by atoms with Crippen LogP contribution >= 0.6 is 0 Å². The van der Waals surface area contributed by atoms with Crippen LogP contribution in [0, 0.1) is 5.92 Å². The third kappa shape index (κ3) is 6.31. The largest absolute Gasteiger partial charge is 0.497 e. The highest BCUT2D eigenvalue weighted by Gasteiger charge is 2.15. The van der Waals surface area contributed by atoms with Gasteiger partial charge >= 0.3 is 0 Å². The van der Waals surface area contributed by atoms with Crippen LogP contribution in [-0.4, -0.2) is 25.7 Å². The molecule has 0 spiro atoms. The molecule has 140 valence electrons. The maximum absolute atomic E-state index is 12.3. The first-order valence-corrected chi connectivity index (χ1v) is 8.82. The Morgan fingerprint density at radius 2 is 1.50 bits per heavy atom. The number of carbonyl (C=O) groups is 1. The van der Waals surface area contributed by atoms with Crippen LogP contribution in [0.1, 0.15) is 27.2 Å². The van der Waals surface area contributed by atoms with Gasteiger partial charge in [0.25, 0.3) is 5.91 Å². The number of rotatable bonds is 9. The highest BCUT2D eigenvalue weighted by molar-refractivity contribution is 5.94. The molecule has 26 heavy (non-hydrogen) atoms. The Bertz CT molecular complexity index is 680. The van der Waals surface area contributed by atoms with Crippen LogP contribution in [0.2, 0.25) is 0 Å². The highest BCUT2D eigenvalue weighted by atomic mass is 16.5. The van der Waals surface area contributed by atoms with Crippen molar-refractivity contribution >= 4 is 11.6 Å². The van der Waals surface area contributed by atoms with Crippen molar-refractivity contribution in [2.75, 3.05) is 19.0 Å². The molecule has 0 fully saturated rings. The number of hydrogen-bond donors (Lipinski definition) is 1. The van der Waals surface area contributed by atoms with Gasteiger partial charge in [-0.05, 0) is 67.8 Å². The molecule has 0 aliphatic heterocycles. The van der Waals surface area contributed by atoms with Crippen LogP contribution in [0.5, 0.6) is 17.2 Å². The predicted molar refractivity (Wildman–Crippen MR) is 103 cm³/mol. The van der Waals surface area contributed by atoms with Crippen LogP contribution in [0.25, 0.3) is 0 Å². The van der Waals surface area contributed by atoms with E-state index in [1.807, 2.05) is 24.3 Å². The summed E-state index contributed by atoms with van der Waals surface area (Å²) in [4.78, 5) is 12.3. The second kappa shape index (κ2) is 9.70. The van der Waals surface area contributed by atoms with E-state index in [1.165, 1.54) is 0 Å². The third-order valence-electron chi connectivity index (χ3n) is 3.83. The summed E-state index contributed by atoms with van der Waals surface area (Å²) in [6.45, 7) is 6.73. The molecule has 0 saturated heterocycles. The number of ether oxygens (including phenoxy) is 3. The number of benzene rings is 2. The van der Waals surface area contributed by atoms with Gasteiger partial charge in [-0.1, -0.05) is 13.8 Å². The van der Waals surface area contributed by atoms with Crippen molar-refractivity contribution in [3.8, 4) is 17.2 Å². The summed E-state index contributed by atoms with van der Waals surface area (Å²) in [5, 5.41) is 2.84. The summed E-state index contributed by atoms with van der Waals surface area (Å²) >= 11 is 0. The maximum Gasteiger partial charge on any atom is 0.265 e. The minimum Gasteiger partial charge on any atom is -0.497 e. The molecular weight excluding hydrogens is 330 g/mol. The Kier molecular flexibility index (Phi) is 7.33. The zero-order valence-corrected chi connectivity index (χ0v) is 15.8.